The van der Waals surface area contributed by atoms with Gasteiger partial charge in [-0.05, 0) is 0 Å². The molecule has 7 nitrogen and oxygen atoms in total. The van der Waals surface area contributed by atoms with Crippen molar-refractivity contribution in [2.24, 2.45) is 34.4 Å². The summed E-state index contributed by atoms with van der Waals surface area (Å²) in [5, 5.41) is 0. The summed E-state index contributed by atoms with van der Waals surface area (Å²) in [5.74, 6) is 0. The third-order valence-electron chi connectivity index (χ3n) is 2.42. The Morgan fingerprint density at radius 2 is 1.71 bits per heavy atom. The van der Waals surface area contributed by atoms with Gasteiger partial charge in [0.1, 0.15) is 11.8 Å². The molecule has 1 aliphatic carbocycles. The molecule has 0 saturated heterocycles. The molecule has 1 unspecified atom stereocenters. The zero-order valence-corrected chi connectivity index (χ0v) is 8.16. The Bertz CT molecular complexity index is 271. The minimum absolute atomic E-state index is 0.102. The molecule has 0 aromatic carbocycles. The van der Waals surface area contributed by atoms with Crippen LogP contribution in [-0.4, -0.2) is 24.5 Å². The highest BCUT2D eigenvalue weighted by Crippen LogP contribution is 2.28. The lowest BCUT2D eigenvalue weighted by Crippen LogP contribution is -2.73. The largest absolute Gasteiger partial charge is 0.398 e. The molecule has 1 aliphatic rings. The van der Waals surface area contributed by atoms with Gasteiger partial charge in [-0.2, -0.15) is 0 Å². The van der Waals surface area contributed by atoms with Crippen LogP contribution in [0.4, 0.5) is 0 Å². The average Bonchev–Trinajstić information content (AvgIpc) is 1.99. The van der Waals surface area contributed by atoms with Crippen LogP contribution in [0.1, 0.15) is 6.42 Å². The summed E-state index contributed by atoms with van der Waals surface area (Å²) in [7, 11) is 1.44. The topological polar surface area (TPSA) is 165 Å². The highest BCUT2D eigenvalue weighted by atomic mass is 16.5. The van der Waals surface area contributed by atoms with Crippen molar-refractivity contribution in [1.82, 2.24) is 0 Å². The fourth-order valence-corrected chi connectivity index (χ4v) is 1.74. The van der Waals surface area contributed by atoms with E-state index >= 15 is 0 Å². The van der Waals surface area contributed by atoms with Crippen LogP contribution in [-0.2, 0) is 4.74 Å². The molecule has 0 saturated carbocycles. The summed E-state index contributed by atoms with van der Waals surface area (Å²) in [4.78, 5) is 0. The lowest BCUT2D eigenvalue weighted by molar-refractivity contribution is 0.0385. The van der Waals surface area contributed by atoms with Crippen molar-refractivity contribution in [2.75, 3.05) is 7.11 Å². The first-order valence-electron chi connectivity index (χ1n) is 4.16. The summed E-state index contributed by atoms with van der Waals surface area (Å²) in [5.41, 5.74) is 32.2. The first kappa shape index (κ1) is 11.2. The third-order valence-corrected chi connectivity index (χ3v) is 2.42. The molecule has 0 radical (unpaired) electrons. The van der Waals surface area contributed by atoms with Crippen LogP contribution in [0.5, 0.6) is 0 Å². The smallest absolute Gasteiger partial charge is 0.129 e. The fraction of sp³-hybridized carbons (Fsp3) is 0.714. The maximum atomic E-state index is 5.78. The van der Waals surface area contributed by atoms with Crippen molar-refractivity contribution >= 4 is 0 Å². The number of nitrogens with two attached hydrogens (primary N) is 6. The molecule has 14 heavy (non-hydrogen) atoms. The van der Waals surface area contributed by atoms with E-state index in [1.807, 2.05) is 0 Å². The van der Waals surface area contributed by atoms with Crippen LogP contribution in [0.15, 0.2) is 11.4 Å². The van der Waals surface area contributed by atoms with Gasteiger partial charge in [-0.25, -0.2) is 0 Å². The molecule has 1 rings (SSSR count). The van der Waals surface area contributed by atoms with Crippen molar-refractivity contribution in [3.05, 3.63) is 11.4 Å². The Morgan fingerprint density at radius 1 is 1.21 bits per heavy atom. The van der Waals surface area contributed by atoms with Crippen LogP contribution >= 0.6 is 0 Å². The van der Waals surface area contributed by atoms with E-state index in [0.29, 0.717) is 0 Å². The Balaban J connectivity index is 3.18. The molecular weight excluding hydrogens is 184 g/mol. The van der Waals surface area contributed by atoms with E-state index in [0.717, 1.165) is 0 Å². The fourth-order valence-electron chi connectivity index (χ4n) is 1.74. The van der Waals surface area contributed by atoms with Crippen molar-refractivity contribution < 1.29 is 4.74 Å². The quantitative estimate of drug-likeness (QED) is 0.243. The lowest BCUT2D eigenvalue weighted by Gasteiger charge is -2.44. The average molecular weight is 202 g/mol. The summed E-state index contributed by atoms with van der Waals surface area (Å²) in [6, 6.07) is 0. The van der Waals surface area contributed by atoms with Crippen molar-refractivity contribution in [3.8, 4) is 0 Å². The maximum absolute atomic E-state index is 5.78. The van der Waals surface area contributed by atoms with Gasteiger partial charge in [-0.15, -0.1) is 0 Å². The van der Waals surface area contributed by atoms with Gasteiger partial charge >= 0.3 is 0 Å². The molecule has 1 atom stereocenters. The Hall–Kier alpha value is -0.860. The van der Waals surface area contributed by atoms with E-state index in [9.17, 15) is 0 Å². The van der Waals surface area contributed by atoms with E-state index in [1.54, 1.807) is 0 Å². The second-order valence-electron chi connectivity index (χ2n) is 3.81. The minimum atomic E-state index is -1.28. The molecule has 0 fully saturated rings. The molecular formula is C7H18N6O. The highest BCUT2D eigenvalue weighted by molar-refractivity contribution is 5.31. The number of ether oxygens (including phenoxy) is 1. The molecule has 0 bridgehead atoms. The van der Waals surface area contributed by atoms with Gasteiger partial charge in [0.05, 0.1) is 17.1 Å². The third kappa shape index (κ3) is 1.56. The van der Waals surface area contributed by atoms with Crippen LogP contribution in [0.2, 0.25) is 0 Å². The van der Waals surface area contributed by atoms with Crippen LogP contribution in [0.25, 0.3) is 0 Å². The van der Waals surface area contributed by atoms with Crippen molar-refractivity contribution in [2.45, 2.75) is 23.9 Å². The summed E-state index contributed by atoms with van der Waals surface area (Å²) in [6.45, 7) is 0. The number of hydrogen-bond acceptors (Lipinski definition) is 7. The van der Waals surface area contributed by atoms with E-state index in [1.165, 1.54) is 7.11 Å². The molecule has 12 N–H and O–H groups in total. The van der Waals surface area contributed by atoms with Gasteiger partial charge in [0.15, 0.2) is 0 Å². The monoisotopic (exact) mass is 202 g/mol. The minimum Gasteiger partial charge on any atom is -0.398 e. The maximum Gasteiger partial charge on any atom is 0.129 e. The lowest BCUT2D eigenvalue weighted by atomic mass is 9.82. The van der Waals surface area contributed by atoms with Gasteiger partial charge in [0.25, 0.3) is 0 Å². The van der Waals surface area contributed by atoms with E-state index in [4.69, 9.17) is 39.1 Å². The Morgan fingerprint density at radius 3 is 2.14 bits per heavy atom. The normalized spacial score (nSPS) is 30.5. The highest BCUT2D eigenvalue weighted by Gasteiger charge is 2.46. The number of methoxy groups -OCH3 is 1. The van der Waals surface area contributed by atoms with Crippen molar-refractivity contribution in [1.29, 1.82) is 0 Å². The van der Waals surface area contributed by atoms with E-state index < -0.39 is 17.4 Å². The van der Waals surface area contributed by atoms with Crippen molar-refractivity contribution in [3.63, 3.8) is 0 Å². The molecule has 0 heterocycles. The molecule has 0 spiro atoms. The summed E-state index contributed by atoms with van der Waals surface area (Å²) >= 11 is 0. The first-order chi connectivity index (χ1) is 6.22. The number of hydrogen-bond donors (Lipinski definition) is 6. The van der Waals surface area contributed by atoms with E-state index in [-0.39, 0.29) is 17.8 Å². The van der Waals surface area contributed by atoms with E-state index in [2.05, 4.69) is 0 Å². The standard InChI is InChI=1S/C7H18N6O/c1-14-5-3(8)4(9)6(10,11)2-7(5,12)13/h5H,2,8-13H2,1H3. The molecule has 0 aromatic rings. The zero-order chi connectivity index (χ0) is 11.1. The predicted octanol–water partition coefficient (Wildman–Crippen LogP) is -3.24. The molecule has 0 amide bonds. The second kappa shape index (κ2) is 3.07. The molecule has 0 aliphatic heterocycles. The summed E-state index contributed by atoms with van der Waals surface area (Å²) in [6.07, 6.45) is -0.562. The van der Waals surface area contributed by atoms with Crippen LogP contribution in [0, 0.1) is 0 Å². The van der Waals surface area contributed by atoms with Crippen LogP contribution < -0.4 is 34.4 Å². The molecule has 82 valence electrons. The van der Waals surface area contributed by atoms with Gasteiger partial charge in [-0.3, -0.25) is 0 Å². The van der Waals surface area contributed by atoms with Gasteiger partial charge < -0.3 is 39.1 Å². The summed E-state index contributed by atoms with van der Waals surface area (Å²) < 4.78 is 5.06. The second-order valence-corrected chi connectivity index (χ2v) is 3.81. The Kier molecular flexibility index (Phi) is 2.46. The van der Waals surface area contributed by atoms with Crippen LogP contribution in [0.3, 0.4) is 0 Å². The van der Waals surface area contributed by atoms with Gasteiger partial charge in [0.2, 0.25) is 0 Å². The SMILES string of the molecule is COC1C(N)=C(N)C(N)(N)CC1(N)N. The van der Waals surface area contributed by atoms with Gasteiger partial charge in [0, 0.05) is 13.5 Å². The Labute approximate surface area is 82.4 Å². The van der Waals surface area contributed by atoms with Gasteiger partial charge in [-0.1, -0.05) is 0 Å². The molecule has 0 aromatic heterocycles. The number of rotatable bonds is 1. The predicted molar refractivity (Wildman–Crippen MR) is 53.0 cm³/mol. The zero-order valence-electron chi connectivity index (χ0n) is 8.16. The molecule has 7 heteroatoms. The first-order valence-corrected chi connectivity index (χ1v) is 4.16.